The minimum Gasteiger partial charge on any atom is -0.294 e. The second-order valence-corrected chi connectivity index (χ2v) is 7.72. The molecule has 0 aliphatic heterocycles. The Hall–Kier alpha value is -0.860. The van der Waals surface area contributed by atoms with Gasteiger partial charge in [0.05, 0.1) is 0 Å². The third kappa shape index (κ3) is 2.06. The third-order valence-corrected chi connectivity index (χ3v) is 6.60. The highest BCUT2D eigenvalue weighted by Crippen LogP contribution is 2.61. The van der Waals surface area contributed by atoms with Gasteiger partial charge in [-0.15, -0.1) is 0 Å². The minimum atomic E-state index is -3.53. The normalized spacial score (nSPS) is 15.7. The van der Waals surface area contributed by atoms with Gasteiger partial charge in [-0.25, -0.2) is 0 Å². The maximum Gasteiger partial charge on any atom is 0.283 e. The molecule has 1 atom stereocenters. The lowest BCUT2D eigenvalue weighted by atomic mass is 10.4. The van der Waals surface area contributed by atoms with Gasteiger partial charge in [-0.3, -0.25) is 14.7 Å². The van der Waals surface area contributed by atoms with Gasteiger partial charge < -0.3 is 0 Å². The fourth-order valence-electron chi connectivity index (χ4n) is 1.04. The predicted octanol–water partition coefficient (Wildman–Crippen LogP) is 2.84. The fraction of sp³-hybridized carbons (Fsp3) is 0.333. The van der Waals surface area contributed by atoms with Gasteiger partial charge in [0.1, 0.15) is 0 Å². The fourth-order valence-corrected chi connectivity index (χ4v) is 2.96. The highest BCUT2D eigenvalue weighted by atomic mass is 35.7. The first-order valence-corrected chi connectivity index (χ1v) is 6.91. The zero-order valence-corrected chi connectivity index (χ0v) is 10.0. The van der Waals surface area contributed by atoms with E-state index in [1.54, 1.807) is 30.3 Å². The standard InChI is InChI=1S/C9H11ClNO3P/c1-9(2,11(12)13)15(10,14)8-6-4-3-5-7-8/h3-7H,1-2H3. The molecule has 0 aliphatic carbocycles. The minimum absolute atomic E-state index is 0.313. The van der Waals surface area contributed by atoms with E-state index in [2.05, 4.69) is 0 Å². The van der Waals surface area contributed by atoms with Crippen LogP contribution in [0.2, 0.25) is 0 Å². The molecule has 0 saturated heterocycles. The molecule has 1 rings (SSSR count). The molecular weight excluding hydrogens is 237 g/mol. The summed E-state index contributed by atoms with van der Waals surface area (Å²) in [5.74, 6) is 0. The van der Waals surface area contributed by atoms with E-state index >= 15 is 0 Å². The highest BCUT2D eigenvalue weighted by molar-refractivity contribution is 7.95. The molecule has 4 nitrogen and oxygen atoms in total. The van der Waals surface area contributed by atoms with Crippen molar-refractivity contribution in [2.24, 2.45) is 0 Å². The summed E-state index contributed by atoms with van der Waals surface area (Å²) in [6, 6.07) is 8.12. The Morgan fingerprint density at radius 2 is 1.80 bits per heavy atom. The van der Waals surface area contributed by atoms with Crippen LogP contribution in [0.1, 0.15) is 13.8 Å². The van der Waals surface area contributed by atoms with Crippen LogP contribution >= 0.6 is 17.7 Å². The molecule has 0 spiro atoms. The predicted molar refractivity (Wildman–Crippen MR) is 60.6 cm³/mol. The molecule has 82 valence electrons. The molecule has 0 fully saturated rings. The van der Waals surface area contributed by atoms with Crippen molar-refractivity contribution in [3.63, 3.8) is 0 Å². The Balaban J connectivity index is 3.26. The van der Waals surface area contributed by atoms with Gasteiger partial charge in [-0.1, -0.05) is 30.3 Å². The van der Waals surface area contributed by atoms with Crippen molar-refractivity contribution in [2.75, 3.05) is 0 Å². The number of nitro groups is 1. The summed E-state index contributed by atoms with van der Waals surface area (Å²) >= 11 is 5.86. The maximum absolute atomic E-state index is 12.2. The average Bonchev–Trinajstić information content (AvgIpc) is 2.18. The van der Waals surface area contributed by atoms with Gasteiger partial charge in [-0.05, 0) is 11.2 Å². The molecule has 15 heavy (non-hydrogen) atoms. The van der Waals surface area contributed by atoms with Crippen LogP contribution in [0.5, 0.6) is 0 Å². The molecular formula is C9H11ClNO3P. The molecule has 0 radical (unpaired) electrons. The molecule has 1 unspecified atom stereocenters. The number of rotatable bonds is 3. The van der Waals surface area contributed by atoms with Crippen molar-refractivity contribution in [1.82, 2.24) is 0 Å². The first kappa shape index (κ1) is 12.2. The second kappa shape index (κ2) is 3.95. The van der Waals surface area contributed by atoms with Crippen LogP contribution in [0.4, 0.5) is 0 Å². The van der Waals surface area contributed by atoms with Crippen molar-refractivity contribution in [2.45, 2.75) is 19.1 Å². The lowest BCUT2D eigenvalue weighted by molar-refractivity contribution is -0.531. The number of nitrogens with zero attached hydrogens (tertiary/aromatic N) is 1. The van der Waals surface area contributed by atoms with Gasteiger partial charge in [0.25, 0.3) is 11.8 Å². The Labute approximate surface area is 92.6 Å². The van der Waals surface area contributed by atoms with E-state index in [-0.39, 0.29) is 0 Å². The summed E-state index contributed by atoms with van der Waals surface area (Å²) in [5.41, 5.74) is 0. The van der Waals surface area contributed by atoms with Gasteiger partial charge in [-0.2, -0.15) is 0 Å². The molecule has 0 N–H and O–H groups in total. The summed E-state index contributed by atoms with van der Waals surface area (Å²) in [6.45, 7) is -0.988. The van der Waals surface area contributed by atoms with E-state index in [0.717, 1.165) is 0 Å². The van der Waals surface area contributed by atoms with Crippen LogP contribution < -0.4 is 5.30 Å². The highest BCUT2D eigenvalue weighted by Gasteiger charge is 2.51. The SMILES string of the molecule is CC(C)([N+](=O)[O-])P(=O)(Cl)c1ccccc1. The molecule has 6 heteroatoms. The summed E-state index contributed by atoms with van der Waals surface area (Å²) in [5, 5.41) is 9.45. The molecule has 1 aromatic rings. The molecule has 0 amide bonds. The van der Waals surface area contributed by atoms with Crippen LogP contribution in [0.25, 0.3) is 0 Å². The number of halogens is 1. The third-order valence-electron chi connectivity index (χ3n) is 2.24. The van der Waals surface area contributed by atoms with Crippen molar-refractivity contribution >= 4 is 23.0 Å². The van der Waals surface area contributed by atoms with Crippen LogP contribution in [0.3, 0.4) is 0 Å². The average molecular weight is 248 g/mol. The van der Waals surface area contributed by atoms with E-state index in [0.29, 0.717) is 5.30 Å². The molecule has 0 saturated carbocycles. The second-order valence-electron chi connectivity index (χ2n) is 3.62. The van der Waals surface area contributed by atoms with Crippen LogP contribution in [0, 0.1) is 10.1 Å². The van der Waals surface area contributed by atoms with E-state index in [1.165, 1.54) is 13.8 Å². The topological polar surface area (TPSA) is 60.2 Å². The molecule has 0 heterocycles. The van der Waals surface area contributed by atoms with Crippen LogP contribution in [-0.4, -0.2) is 10.2 Å². The summed E-state index contributed by atoms with van der Waals surface area (Å²) in [4.78, 5) is 10.2. The lowest BCUT2D eigenvalue weighted by Crippen LogP contribution is -2.32. The van der Waals surface area contributed by atoms with E-state index < -0.39 is 16.7 Å². The summed E-state index contributed by atoms with van der Waals surface area (Å²) < 4.78 is 12.2. The molecule has 0 aromatic heterocycles. The Morgan fingerprint density at radius 1 is 1.33 bits per heavy atom. The van der Waals surface area contributed by atoms with Gasteiger partial charge >= 0.3 is 0 Å². The maximum atomic E-state index is 12.2. The first-order chi connectivity index (χ1) is 6.80. The van der Waals surface area contributed by atoms with Crippen LogP contribution in [-0.2, 0) is 4.57 Å². The van der Waals surface area contributed by atoms with Gasteiger partial charge in [0.15, 0.2) is 0 Å². The molecule has 0 bridgehead atoms. The van der Waals surface area contributed by atoms with Crippen molar-refractivity contribution in [3.8, 4) is 0 Å². The van der Waals surface area contributed by atoms with Crippen LogP contribution in [0.15, 0.2) is 30.3 Å². The van der Waals surface area contributed by atoms with Crippen molar-refractivity contribution < 1.29 is 9.49 Å². The Kier molecular flexibility index (Phi) is 3.22. The smallest absolute Gasteiger partial charge is 0.283 e. The zero-order chi connectivity index (χ0) is 11.7. The number of benzene rings is 1. The number of hydrogen-bond acceptors (Lipinski definition) is 3. The largest absolute Gasteiger partial charge is 0.294 e. The summed E-state index contributed by atoms with van der Waals surface area (Å²) in [7, 11) is 0. The van der Waals surface area contributed by atoms with E-state index in [4.69, 9.17) is 11.2 Å². The molecule has 1 aromatic carbocycles. The zero-order valence-electron chi connectivity index (χ0n) is 8.38. The number of hydrogen-bond donors (Lipinski definition) is 0. The quantitative estimate of drug-likeness (QED) is 0.469. The molecule has 0 aliphatic rings. The van der Waals surface area contributed by atoms with Crippen molar-refractivity contribution in [3.05, 3.63) is 40.4 Å². The first-order valence-electron chi connectivity index (χ1n) is 4.30. The monoisotopic (exact) mass is 247 g/mol. The van der Waals surface area contributed by atoms with E-state index in [9.17, 15) is 14.7 Å². The van der Waals surface area contributed by atoms with E-state index in [1.807, 2.05) is 0 Å². The van der Waals surface area contributed by atoms with Gasteiger partial charge in [0.2, 0.25) is 0 Å². The Bertz CT molecular complexity index is 419. The van der Waals surface area contributed by atoms with Crippen molar-refractivity contribution in [1.29, 1.82) is 0 Å². The summed E-state index contributed by atoms with van der Waals surface area (Å²) in [6.07, 6.45) is 0. The Morgan fingerprint density at radius 3 is 2.20 bits per heavy atom. The van der Waals surface area contributed by atoms with Gasteiger partial charge in [0, 0.05) is 24.1 Å². The lowest BCUT2D eigenvalue weighted by Gasteiger charge is -2.21.